The maximum absolute atomic E-state index is 13.4. The highest BCUT2D eigenvalue weighted by Gasteiger charge is 2.09. The number of allylic oxidation sites excluding steroid dienone is 1. The van der Waals surface area contributed by atoms with Crippen LogP contribution in [0.25, 0.3) is 6.08 Å². The van der Waals surface area contributed by atoms with Gasteiger partial charge < -0.3 is 0 Å². The molecule has 20 heavy (non-hydrogen) atoms. The van der Waals surface area contributed by atoms with Crippen molar-refractivity contribution in [2.45, 2.75) is 13.3 Å². The fraction of sp³-hybridized carbons (Fsp3) is 0.118. The van der Waals surface area contributed by atoms with E-state index in [9.17, 15) is 13.6 Å². The highest BCUT2D eigenvalue weighted by atomic mass is 19.1. The van der Waals surface area contributed by atoms with Crippen LogP contribution in [0.5, 0.6) is 0 Å². The highest BCUT2D eigenvalue weighted by molar-refractivity contribution is 6.07. The van der Waals surface area contributed by atoms with E-state index >= 15 is 0 Å². The quantitative estimate of drug-likeness (QED) is 0.594. The van der Waals surface area contributed by atoms with Crippen LogP contribution in [0, 0.1) is 11.6 Å². The molecule has 102 valence electrons. The molecule has 1 nitrogen and oxygen atoms in total. The molecule has 2 aromatic carbocycles. The molecule has 0 spiro atoms. The van der Waals surface area contributed by atoms with E-state index in [2.05, 4.69) is 6.92 Å². The molecular formula is C17H14F2O. The number of carbonyl (C=O) groups is 1. The lowest BCUT2D eigenvalue weighted by Crippen LogP contribution is -1.99. The molecule has 0 aromatic heterocycles. The summed E-state index contributed by atoms with van der Waals surface area (Å²) in [4.78, 5) is 11.8. The maximum atomic E-state index is 13.4. The molecule has 0 saturated carbocycles. The molecular weight excluding hydrogens is 258 g/mol. The number of ketones is 1. The van der Waals surface area contributed by atoms with Crippen LogP contribution >= 0.6 is 0 Å². The number of aryl methyl sites for hydroxylation is 1. The molecule has 0 atom stereocenters. The summed E-state index contributed by atoms with van der Waals surface area (Å²) in [6, 6.07) is 10.5. The minimum atomic E-state index is -0.720. The normalized spacial score (nSPS) is 10.9. The van der Waals surface area contributed by atoms with Crippen LogP contribution in [0.15, 0.2) is 48.5 Å². The molecule has 2 aromatic rings. The van der Waals surface area contributed by atoms with Crippen molar-refractivity contribution in [3.05, 3.63) is 76.9 Å². The van der Waals surface area contributed by atoms with E-state index in [0.717, 1.165) is 30.2 Å². The minimum Gasteiger partial charge on any atom is -0.289 e. The first-order valence-corrected chi connectivity index (χ1v) is 6.36. The monoisotopic (exact) mass is 272 g/mol. The summed E-state index contributed by atoms with van der Waals surface area (Å²) in [5, 5.41) is 0. The summed E-state index contributed by atoms with van der Waals surface area (Å²) < 4.78 is 26.4. The van der Waals surface area contributed by atoms with Gasteiger partial charge in [0.25, 0.3) is 0 Å². The lowest BCUT2D eigenvalue weighted by molar-refractivity contribution is 0.104. The molecule has 0 saturated heterocycles. The van der Waals surface area contributed by atoms with Gasteiger partial charge in [-0.2, -0.15) is 0 Å². The van der Waals surface area contributed by atoms with Crippen molar-refractivity contribution in [1.82, 2.24) is 0 Å². The summed E-state index contributed by atoms with van der Waals surface area (Å²) in [5.74, 6) is -1.90. The van der Waals surface area contributed by atoms with E-state index < -0.39 is 17.4 Å². The molecule has 2 rings (SSSR count). The van der Waals surface area contributed by atoms with E-state index in [0.29, 0.717) is 0 Å². The third kappa shape index (κ3) is 3.38. The second kappa shape index (κ2) is 6.24. The van der Waals surface area contributed by atoms with Gasteiger partial charge in [-0.05, 0) is 41.8 Å². The average Bonchev–Trinajstić information content (AvgIpc) is 2.47. The molecule has 0 aliphatic heterocycles. The van der Waals surface area contributed by atoms with Gasteiger partial charge in [0.2, 0.25) is 0 Å². The van der Waals surface area contributed by atoms with Gasteiger partial charge in [-0.1, -0.05) is 37.3 Å². The Morgan fingerprint density at radius 1 is 1.10 bits per heavy atom. The Labute approximate surface area is 116 Å². The van der Waals surface area contributed by atoms with Gasteiger partial charge in [-0.25, -0.2) is 8.78 Å². The van der Waals surface area contributed by atoms with E-state index in [1.807, 2.05) is 24.3 Å². The zero-order valence-electron chi connectivity index (χ0n) is 11.1. The van der Waals surface area contributed by atoms with E-state index in [1.54, 1.807) is 6.08 Å². The summed E-state index contributed by atoms with van der Waals surface area (Å²) in [5.41, 5.74) is 1.78. The smallest absolute Gasteiger partial charge is 0.188 e. The molecule has 0 heterocycles. The van der Waals surface area contributed by atoms with Crippen molar-refractivity contribution in [2.24, 2.45) is 0 Å². The van der Waals surface area contributed by atoms with Crippen molar-refractivity contribution in [2.75, 3.05) is 0 Å². The molecule has 0 bridgehead atoms. The van der Waals surface area contributed by atoms with Gasteiger partial charge in [0, 0.05) is 0 Å². The summed E-state index contributed by atoms with van der Waals surface area (Å²) >= 11 is 0. The summed E-state index contributed by atoms with van der Waals surface area (Å²) in [6.07, 6.45) is 3.78. The fourth-order valence-corrected chi connectivity index (χ4v) is 1.81. The molecule has 0 fully saturated rings. The van der Waals surface area contributed by atoms with Crippen molar-refractivity contribution in [3.63, 3.8) is 0 Å². The van der Waals surface area contributed by atoms with Crippen molar-refractivity contribution in [3.8, 4) is 0 Å². The number of halogens is 2. The Balaban J connectivity index is 2.17. The van der Waals surface area contributed by atoms with Crippen molar-refractivity contribution in [1.29, 1.82) is 0 Å². The maximum Gasteiger partial charge on any atom is 0.188 e. The van der Waals surface area contributed by atoms with Crippen LogP contribution in [-0.2, 0) is 6.42 Å². The molecule has 0 N–H and O–H groups in total. The highest BCUT2D eigenvalue weighted by Crippen LogP contribution is 2.12. The van der Waals surface area contributed by atoms with Crippen LogP contribution in [0.1, 0.15) is 28.4 Å². The van der Waals surface area contributed by atoms with Crippen LogP contribution in [-0.4, -0.2) is 5.78 Å². The second-order valence-corrected chi connectivity index (χ2v) is 4.42. The van der Waals surface area contributed by atoms with Gasteiger partial charge in [-0.15, -0.1) is 0 Å². The fourth-order valence-electron chi connectivity index (χ4n) is 1.81. The number of benzene rings is 2. The molecule has 3 heteroatoms. The minimum absolute atomic E-state index is 0.258. The lowest BCUT2D eigenvalue weighted by atomic mass is 10.1. The number of hydrogen-bond donors (Lipinski definition) is 0. The van der Waals surface area contributed by atoms with Crippen LogP contribution < -0.4 is 0 Å². The Kier molecular flexibility index (Phi) is 4.41. The molecule has 0 aliphatic rings. The van der Waals surface area contributed by atoms with Crippen LogP contribution in [0.2, 0.25) is 0 Å². The molecule has 0 unspecified atom stereocenters. The Hall–Kier alpha value is -2.29. The van der Waals surface area contributed by atoms with E-state index in [1.165, 1.54) is 11.6 Å². The second-order valence-electron chi connectivity index (χ2n) is 4.42. The largest absolute Gasteiger partial charge is 0.289 e. The van der Waals surface area contributed by atoms with Gasteiger partial charge in [0.1, 0.15) is 11.6 Å². The standard InChI is InChI=1S/C17H14F2O/c1-2-12-3-5-13(6-4-12)7-10-17(20)15-11-14(18)8-9-16(15)19/h3-11H,2H2,1H3/b10-7+. The van der Waals surface area contributed by atoms with Crippen LogP contribution in [0.3, 0.4) is 0 Å². The van der Waals surface area contributed by atoms with Crippen LogP contribution in [0.4, 0.5) is 8.78 Å². The first kappa shape index (κ1) is 14.1. The lowest BCUT2D eigenvalue weighted by Gasteiger charge is -1.99. The summed E-state index contributed by atoms with van der Waals surface area (Å²) in [7, 11) is 0. The third-order valence-electron chi connectivity index (χ3n) is 3.01. The SMILES string of the molecule is CCc1ccc(/C=C/C(=O)c2cc(F)ccc2F)cc1. The Bertz CT molecular complexity index is 643. The van der Waals surface area contributed by atoms with Gasteiger partial charge >= 0.3 is 0 Å². The predicted molar refractivity (Wildman–Crippen MR) is 75.5 cm³/mol. The average molecular weight is 272 g/mol. The van der Waals surface area contributed by atoms with Gasteiger partial charge in [0.15, 0.2) is 5.78 Å². The number of rotatable bonds is 4. The molecule has 0 aliphatic carbocycles. The first-order chi connectivity index (χ1) is 9.60. The zero-order valence-corrected chi connectivity index (χ0v) is 11.1. The van der Waals surface area contributed by atoms with Gasteiger partial charge in [0.05, 0.1) is 5.56 Å². The number of hydrogen-bond acceptors (Lipinski definition) is 1. The third-order valence-corrected chi connectivity index (χ3v) is 3.01. The van der Waals surface area contributed by atoms with Crippen molar-refractivity contribution < 1.29 is 13.6 Å². The zero-order chi connectivity index (χ0) is 14.5. The van der Waals surface area contributed by atoms with E-state index in [-0.39, 0.29) is 5.56 Å². The van der Waals surface area contributed by atoms with E-state index in [4.69, 9.17) is 0 Å². The first-order valence-electron chi connectivity index (χ1n) is 6.36. The Morgan fingerprint density at radius 2 is 1.80 bits per heavy atom. The van der Waals surface area contributed by atoms with Crippen molar-refractivity contribution >= 4 is 11.9 Å². The molecule has 0 amide bonds. The topological polar surface area (TPSA) is 17.1 Å². The Morgan fingerprint density at radius 3 is 2.45 bits per heavy atom. The molecule has 0 radical (unpaired) electrons. The summed E-state index contributed by atoms with van der Waals surface area (Å²) in [6.45, 7) is 2.06. The number of carbonyl (C=O) groups excluding carboxylic acids is 1. The predicted octanol–water partition coefficient (Wildman–Crippen LogP) is 4.42. The van der Waals surface area contributed by atoms with Gasteiger partial charge in [-0.3, -0.25) is 4.79 Å².